The topological polar surface area (TPSA) is 89.7 Å². The maximum Gasteiger partial charge on any atom is 0.329 e. The highest BCUT2D eigenvalue weighted by molar-refractivity contribution is 5.92. The van der Waals surface area contributed by atoms with E-state index in [1.165, 1.54) is 19.3 Å². The second-order valence-electron chi connectivity index (χ2n) is 10.0. The zero-order chi connectivity index (χ0) is 20.9. The minimum absolute atomic E-state index is 0.133. The quantitative estimate of drug-likeness (QED) is 0.756. The van der Waals surface area contributed by atoms with E-state index < -0.39 is 11.9 Å². The molecule has 4 aliphatic carbocycles. The molecule has 1 aromatic carbocycles. The molecule has 1 heterocycles. The first kappa shape index (κ1) is 19.6. The fraction of sp³-hybridized carbons (Fsp3) is 0.625. The van der Waals surface area contributed by atoms with Gasteiger partial charge in [0.15, 0.2) is 0 Å². The average molecular weight is 411 g/mol. The summed E-state index contributed by atoms with van der Waals surface area (Å²) in [6.45, 7) is 0.793. The minimum atomic E-state index is -0.483. The lowest BCUT2D eigenvalue weighted by Crippen LogP contribution is -2.56. The third kappa shape index (κ3) is 3.40. The van der Waals surface area contributed by atoms with Crippen LogP contribution in [0.15, 0.2) is 24.3 Å². The molecule has 0 unspecified atom stereocenters. The Kier molecular flexibility index (Phi) is 4.83. The van der Waals surface area contributed by atoms with Gasteiger partial charge in [-0.2, -0.15) is 0 Å². The van der Waals surface area contributed by atoms with Gasteiger partial charge in [0.25, 0.3) is 0 Å². The third-order valence-corrected chi connectivity index (χ3v) is 7.90. The molecule has 6 rings (SSSR count). The van der Waals surface area contributed by atoms with E-state index in [-0.39, 0.29) is 23.9 Å². The molecule has 2 N–H and O–H groups in total. The number of rotatable bonds is 5. The van der Waals surface area contributed by atoms with E-state index >= 15 is 0 Å². The van der Waals surface area contributed by atoms with Gasteiger partial charge in [0.05, 0.1) is 5.41 Å². The normalized spacial score (nSPS) is 34.2. The summed E-state index contributed by atoms with van der Waals surface area (Å²) < 4.78 is 5.56. The lowest BCUT2D eigenvalue weighted by molar-refractivity contribution is -0.166. The van der Waals surface area contributed by atoms with Crippen LogP contribution in [0.1, 0.15) is 67.3 Å². The summed E-state index contributed by atoms with van der Waals surface area (Å²) in [5, 5.41) is 0. The molecule has 4 saturated carbocycles. The number of carbonyl (C=O) groups is 3. The van der Waals surface area contributed by atoms with Crippen molar-refractivity contribution < 1.29 is 19.1 Å². The molecule has 0 aromatic heterocycles. The maximum absolute atomic E-state index is 13.7. The number of ether oxygens (including phenoxy) is 1. The van der Waals surface area contributed by atoms with Crippen molar-refractivity contribution in [2.75, 3.05) is 6.54 Å². The second kappa shape index (κ2) is 7.40. The van der Waals surface area contributed by atoms with Gasteiger partial charge in [0.2, 0.25) is 11.8 Å². The van der Waals surface area contributed by atoms with Gasteiger partial charge in [-0.15, -0.1) is 0 Å². The van der Waals surface area contributed by atoms with Crippen LogP contribution in [0.5, 0.6) is 0 Å². The predicted molar refractivity (Wildman–Crippen MR) is 110 cm³/mol. The summed E-state index contributed by atoms with van der Waals surface area (Å²) in [7, 11) is 0. The highest BCUT2D eigenvalue weighted by atomic mass is 16.5. The van der Waals surface area contributed by atoms with E-state index in [1.807, 2.05) is 4.90 Å². The third-order valence-electron chi connectivity index (χ3n) is 7.90. The van der Waals surface area contributed by atoms with Crippen LogP contribution in [0.25, 0.3) is 0 Å². The number of nitrogens with zero attached hydrogens (tertiary/aromatic N) is 1. The van der Waals surface area contributed by atoms with Gasteiger partial charge in [0.1, 0.15) is 12.6 Å². The molecule has 6 nitrogen and oxygen atoms in total. The first-order valence-corrected chi connectivity index (χ1v) is 11.3. The van der Waals surface area contributed by atoms with Crippen LogP contribution in [-0.4, -0.2) is 35.3 Å². The van der Waals surface area contributed by atoms with Crippen LogP contribution in [-0.2, 0) is 20.9 Å². The van der Waals surface area contributed by atoms with Crippen molar-refractivity contribution in [2.24, 2.45) is 28.9 Å². The number of amides is 2. The van der Waals surface area contributed by atoms with Crippen molar-refractivity contribution in [3.8, 4) is 0 Å². The van der Waals surface area contributed by atoms with Gasteiger partial charge in [0, 0.05) is 12.1 Å². The van der Waals surface area contributed by atoms with Crippen LogP contribution in [0.3, 0.4) is 0 Å². The highest BCUT2D eigenvalue weighted by Gasteiger charge is 2.56. The van der Waals surface area contributed by atoms with E-state index in [2.05, 4.69) is 0 Å². The molecule has 1 aromatic rings. The highest BCUT2D eigenvalue weighted by Crippen LogP contribution is 2.60. The van der Waals surface area contributed by atoms with Crippen LogP contribution in [0.4, 0.5) is 0 Å². The lowest BCUT2D eigenvalue weighted by atomic mass is 9.49. The van der Waals surface area contributed by atoms with Crippen LogP contribution in [0.2, 0.25) is 0 Å². The molecule has 4 bridgehead atoms. The second-order valence-corrected chi connectivity index (χ2v) is 10.0. The number of nitrogens with two attached hydrogens (primary N) is 1. The number of hydrogen-bond acceptors (Lipinski definition) is 4. The van der Waals surface area contributed by atoms with Crippen molar-refractivity contribution in [3.05, 3.63) is 35.4 Å². The van der Waals surface area contributed by atoms with Crippen LogP contribution in [0, 0.1) is 23.2 Å². The van der Waals surface area contributed by atoms with Gasteiger partial charge in [-0.3, -0.25) is 9.59 Å². The number of carbonyl (C=O) groups excluding carboxylic acids is 3. The van der Waals surface area contributed by atoms with Crippen molar-refractivity contribution in [1.29, 1.82) is 0 Å². The van der Waals surface area contributed by atoms with Crippen LogP contribution < -0.4 is 5.73 Å². The Morgan fingerprint density at radius 1 is 1.00 bits per heavy atom. The van der Waals surface area contributed by atoms with Gasteiger partial charge >= 0.3 is 5.97 Å². The minimum Gasteiger partial charge on any atom is -0.459 e. The zero-order valence-corrected chi connectivity index (χ0v) is 17.3. The van der Waals surface area contributed by atoms with Gasteiger partial charge in [-0.25, -0.2) is 4.79 Å². The number of primary amides is 1. The van der Waals surface area contributed by atoms with E-state index in [9.17, 15) is 14.4 Å². The smallest absolute Gasteiger partial charge is 0.329 e. The molecule has 6 heteroatoms. The number of likely N-dealkylation sites (tertiary alicyclic amines) is 1. The van der Waals surface area contributed by atoms with E-state index in [4.69, 9.17) is 10.5 Å². The molecule has 5 fully saturated rings. The fourth-order valence-corrected chi connectivity index (χ4v) is 6.95. The predicted octanol–water partition coefficient (Wildman–Crippen LogP) is 3.04. The summed E-state index contributed by atoms with van der Waals surface area (Å²) in [6, 6.07) is 6.27. The Hall–Kier alpha value is -2.37. The molecule has 1 atom stereocenters. The zero-order valence-electron chi connectivity index (χ0n) is 17.3. The molecule has 0 radical (unpaired) electrons. The summed E-state index contributed by atoms with van der Waals surface area (Å²) in [5.74, 6) is 1.53. The molecule has 5 aliphatic rings. The Balaban J connectivity index is 1.24. The number of benzene rings is 1. The van der Waals surface area contributed by atoms with Crippen molar-refractivity contribution in [3.63, 3.8) is 0 Å². The monoisotopic (exact) mass is 410 g/mol. The summed E-state index contributed by atoms with van der Waals surface area (Å²) in [4.78, 5) is 39.5. The Morgan fingerprint density at radius 2 is 1.60 bits per heavy atom. The van der Waals surface area contributed by atoms with Gasteiger partial charge in [-0.05, 0) is 86.8 Å². The van der Waals surface area contributed by atoms with Crippen LogP contribution >= 0.6 is 0 Å². The Bertz CT molecular complexity index is 827. The lowest BCUT2D eigenvalue weighted by Gasteiger charge is -2.56. The summed E-state index contributed by atoms with van der Waals surface area (Å²) in [5.41, 5.74) is 6.26. The van der Waals surface area contributed by atoms with Crippen molar-refractivity contribution >= 4 is 17.8 Å². The van der Waals surface area contributed by atoms with Gasteiger partial charge in [-0.1, -0.05) is 12.1 Å². The molecule has 1 aliphatic heterocycles. The summed E-state index contributed by atoms with van der Waals surface area (Å²) >= 11 is 0. The number of hydrogen-bond donors (Lipinski definition) is 1. The van der Waals surface area contributed by atoms with Crippen molar-refractivity contribution in [1.82, 2.24) is 4.90 Å². The molecule has 30 heavy (non-hydrogen) atoms. The molecule has 1 saturated heterocycles. The standard InChI is InChI=1S/C24H30N2O4/c25-21(27)19-5-3-15(4-6-19)14-30-22(28)20-2-1-7-26(20)23(29)24-11-16-8-17(12-24)10-18(9-16)13-24/h3-6,16-18,20H,1-2,7-14H2,(H2,25,27)/t16?,17?,18?,20-,24?/m1/s1. The molecule has 0 spiro atoms. The molecular formula is C24H30N2O4. The fourth-order valence-electron chi connectivity index (χ4n) is 6.95. The van der Waals surface area contributed by atoms with Gasteiger partial charge < -0.3 is 15.4 Å². The summed E-state index contributed by atoms with van der Waals surface area (Å²) in [6.07, 6.45) is 8.47. The Labute approximate surface area is 177 Å². The van der Waals surface area contributed by atoms with E-state index in [0.717, 1.165) is 31.2 Å². The first-order chi connectivity index (χ1) is 14.4. The maximum atomic E-state index is 13.7. The Morgan fingerprint density at radius 3 is 2.17 bits per heavy atom. The largest absolute Gasteiger partial charge is 0.459 e. The van der Waals surface area contributed by atoms with E-state index in [1.54, 1.807) is 24.3 Å². The number of esters is 1. The SMILES string of the molecule is NC(=O)c1ccc(COC(=O)[C@H]2CCCN2C(=O)C23CC4CC(CC(C4)C2)C3)cc1. The molecular weight excluding hydrogens is 380 g/mol. The molecule has 160 valence electrons. The molecule has 2 amide bonds. The first-order valence-electron chi connectivity index (χ1n) is 11.3. The van der Waals surface area contributed by atoms with Crippen molar-refractivity contribution in [2.45, 2.75) is 64.0 Å². The average Bonchev–Trinajstić information content (AvgIpc) is 3.20. The van der Waals surface area contributed by atoms with E-state index in [0.29, 0.717) is 36.3 Å².